The van der Waals surface area contributed by atoms with Crippen molar-refractivity contribution >= 4 is 0 Å². The van der Waals surface area contributed by atoms with Gasteiger partial charge >= 0.3 is 6.29 Å². The van der Waals surface area contributed by atoms with E-state index in [1.54, 1.807) is 12.1 Å². The Balaban J connectivity index is 2.06. The second kappa shape index (κ2) is 3.96. The number of ether oxygens (including phenoxy) is 1. The number of para-hydroxylation sites is 1. The third-order valence-electron chi connectivity index (χ3n) is 2.09. The zero-order valence-corrected chi connectivity index (χ0v) is 8.48. The molecule has 15 heavy (non-hydrogen) atoms. The van der Waals surface area contributed by atoms with Crippen LogP contribution in [0.4, 0.5) is 0 Å². The van der Waals surface area contributed by atoms with Gasteiger partial charge in [-0.1, -0.05) is 18.2 Å². The minimum atomic E-state index is -4.43. The lowest BCUT2D eigenvalue weighted by atomic mass is 10.1. The van der Waals surface area contributed by atoms with Crippen molar-refractivity contribution in [3.05, 3.63) is 29.8 Å². The number of rotatable bonds is 2. The summed E-state index contributed by atoms with van der Waals surface area (Å²) >= 11 is 0. The Hall–Kier alpha value is -0.850. The molecule has 0 bridgehead atoms. The number of hydrogen-bond acceptors (Lipinski definition) is 5. The summed E-state index contributed by atoms with van der Waals surface area (Å²) < 4.78 is 40.4. The summed E-state index contributed by atoms with van der Waals surface area (Å²) in [6.45, 7) is 0. The molecule has 1 aliphatic heterocycles. The van der Waals surface area contributed by atoms with Crippen molar-refractivity contribution in [1.82, 2.24) is 0 Å². The molecule has 1 atom stereocenters. The number of benzene rings is 1. The molecule has 6 heteroatoms. The van der Waals surface area contributed by atoms with Crippen molar-refractivity contribution in [2.45, 2.75) is 19.1 Å². The average molecular weight is 233 g/mol. The first-order chi connectivity index (χ1) is 7.04. The summed E-state index contributed by atoms with van der Waals surface area (Å²) in [5, 5.41) is 0. The van der Waals surface area contributed by atoms with E-state index in [9.17, 15) is 14.0 Å². The molecular weight excluding hydrogens is 224 g/mol. The lowest BCUT2D eigenvalue weighted by Crippen LogP contribution is -2.63. The van der Waals surface area contributed by atoms with Crippen molar-refractivity contribution in [2.75, 3.05) is 0 Å². The van der Waals surface area contributed by atoms with Crippen molar-refractivity contribution < 1.29 is 33.2 Å². The topological polar surface area (TPSA) is 87.6 Å². The van der Waals surface area contributed by atoms with E-state index in [1.165, 1.54) is 0 Å². The standard InChI is InChI=1S/C9H9ClO5/c11-10(12,13)15-9-6-5-7-3-1-2-4-8(7)14-9/h1-4,9H,5-6H2. The second-order valence-electron chi connectivity index (χ2n) is 3.16. The normalized spacial score (nSPS) is 20.6. The summed E-state index contributed by atoms with van der Waals surface area (Å²) in [6.07, 6.45) is -0.0266. The molecule has 0 aromatic heterocycles. The van der Waals surface area contributed by atoms with E-state index in [4.69, 9.17) is 4.74 Å². The Morgan fingerprint density at radius 3 is 2.73 bits per heavy atom. The molecular formula is C9H9ClO5. The minimum Gasteiger partial charge on any atom is -0.450 e. The van der Waals surface area contributed by atoms with Gasteiger partial charge in [0.05, 0.1) is 10.2 Å². The molecule has 1 aromatic rings. The molecule has 5 nitrogen and oxygen atoms in total. The fourth-order valence-electron chi connectivity index (χ4n) is 1.48. The van der Waals surface area contributed by atoms with Crippen LogP contribution >= 0.6 is 0 Å². The molecule has 0 saturated heterocycles. The number of aryl methyl sites for hydroxylation is 1. The molecule has 0 radical (unpaired) electrons. The Kier molecular flexibility index (Phi) is 2.81. The highest BCUT2D eigenvalue weighted by molar-refractivity contribution is 5.34. The lowest BCUT2D eigenvalue weighted by Gasteiger charge is -2.23. The molecule has 0 saturated carbocycles. The van der Waals surface area contributed by atoms with E-state index in [1.807, 2.05) is 12.1 Å². The van der Waals surface area contributed by atoms with E-state index in [2.05, 4.69) is 4.29 Å². The van der Waals surface area contributed by atoms with Gasteiger partial charge in [0.2, 0.25) is 0 Å². The van der Waals surface area contributed by atoms with Crippen molar-refractivity contribution in [3.8, 4) is 5.75 Å². The Morgan fingerprint density at radius 1 is 1.27 bits per heavy atom. The monoisotopic (exact) mass is 232 g/mol. The van der Waals surface area contributed by atoms with Gasteiger partial charge in [0.15, 0.2) is 0 Å². The first-order valence-electron chi connectivity index (χ1n) is 4.38. The van der Waals surface area contributed by atoms with Crippen LogP contribution in [0.1, 0.15) is 12.0 Å². The van der Waals surface area contributed by atoms with Gasteiger partial charge in [-0.25, -0.2) is 0 Å². The van der Waals surface area contributed by atoms with E-state index >= 15 is 0 Å². The Labute approximate surface area is 88.6 Å². The highest BCUT2D eigenvalue weighted by atomic mass is 35.7. The summed E-state index contributed by atoms with van der Waals surface area (Å²) in [6, 6.07) is 7.23. The van der Waals surface area contributed by atoms with Crippen molar-refractivity contribution in [1.29, 1.82) is 0 Å². The maximum absolute atomic E-state index is 10.3. The molecule has 1 aliphatic rings. The highest BCUT2D eigenvalue weighted by Crippen LogP contribution is 2.27. The Bertz CT molecular complexity index is 349. The second-order valence-corrected chi connectivity index (χ2v) is 4.09. The van der Waals surface area contributed by atoms with Crippen LogP contribution in [0.2, 0.25) is 0 Å². The van der Waals surface area contributed by atoms with Crippen LogP contribution in [0.25, 0.3) is 0 Å². The van der Waals surface area contributed by atoms with Crippen LogP contribution in [0.5, 0.6) is 5.75 Å². The fourth-order valence-corrected chi connectivity index (χ4v) is 1.85. The molecule has 82 valence electrons. The molecule has 2 rings (SSSR count). The predicted octanol–water partition coefficient (Wildman–Crippen LogP) is -1.75. The fraction of sp³-hybridized carbons (Fsp3) is 0.333. The lowest BCUT2D eigenvalue weighted by molar-refractivity contribution is -1.92. The van der Waals surface area contributed by atoms with Crippen LogP contribution < -0.4 is 18.7 Å². The van der Waals surface area contributed by atoms with E-state index in [0.29, 0.717) is 18.6 Å². The van der Waals surface area contributed by atoms with Crippen LogP contribution in [0.3, 0.4) is 0 Å². The number of fused-ring (bicyclic) bond motifs is 1. The maximum Gasteiger partial charge on any atom is 0.352 e. The van der Waals surface area contributed by atoms with Gasteiger partial charge in [-0.2, -0.15) is 14.0 Å². The van der Waals surface area contributed by atoms with E-state index < -0.39 is 16.5 Å². The summed E-state index contributed by atoms with van der Waals surface area (Å²) in [5.74, 6) is 0.563. The predicted molar refractivity (Wildman–Crippen MR) is 40.3 cm³/mol. The Morgan fingerprint density at radius 2 is 2.00 bits per heavy atom. The van der Waals surface area contributed by atoms with E-state index in [0.717, 1.165) is 5.56 Å². The van der Waals surface area contributed by atoms with Gasteiger partial charge in [-0.3, -0.25) is 0 Å². The van der Waals surface area contributed by atoms with Gasteiger partial charge in [0.25, 0.3) is 0 Å². The molecule has 0 aliphatic carbocycles. The zero-order valence-electron chi connectivity index (χ0n) is 7.72. The smallest absolute Gasteiger partial charge is 0.352 e. The molecule has 0 N–H and O–H groups in total. The first kappa shape index (κ1) is 10.7. The third kappa shape index (κ3) is 2.80. The van der Waals surface area contributed by atoms with Crippen molar-refractivity contribution in [3.63, 3.8) is 0 Å². The van der Waals surface area contributed by atoms with Gasteiger partial charge in [0, 0.05) is 6.42 Å². The van der Waals surface area contributed by atoms with Crippen LogP contribution in [0, 0.1) is 10.2 Å². The molecule has 0 fully saturated rings. The molecule has 0 amide bonds. The molecule has 1 heterocycles. The van der Waals surface area contributed by atoms with Gasteiger partial charge < -0.3 is 4.74 Å². The van der Waals surface area contributed by atoms with E-state index in [-0.39, 0.29) is 0 Å². The highest BCUT2D eigenvalue weighted by Gasteiger charge is 2.33. The first-order valence-corrected chi connectivity index (χ1v) is 5.62. The largest absolute Gasteiger partial charge is 0.450 e. The third-order valence-corrected chi connectivity index (χ3v) is 2.51. The van der Waals surface area contributed by atoms with Crippen molar-refractivity contribution in [2.24, 2.45) is 0 Å². The summed E-state index contributed by atoms with van der Waals surface area (Å²) in [7, 11) is -4.43. The average Bonchev–Trinajstić information content (AvgIpc) is 2.15. The maximum atomic E-state index is 10.3. The molecule has 1 unspecified atom stereocenters. The summed E-state index contributed by atoms with van der Waals surface area (Å²) in [5.41, 5.74) is 0.984. The van der Waals surface area contributed by atoms with Gasteiger partial charge in [0.1, 0.15) is 10.0 Å². The van der Waals surface area contributed by atoms with Crippen LogP contribution in [0.15, 0.2) is 24.3 Å². The van der Waals surface area contributed by atoms with Gasteiger partial charge in [-0.15, -0.1) is 0 Å². The quantitative estimate of drug-likeness (QED) is 0.604. The number of hydrogen-bond donors (Lipinski definition) is 0. The summed E-state index contributed by atoms with van der Waals surface area (Å²) in [4.78, 5) is 0. The van der Waals surface area contributed by atoms with Crippen LogP contribution in [-0.2, 0) is 10.7 Å². The molecule has 1 aromatic carbocycles. The zero-order chi connectivity index (χ0) is 10.9. The molecule has 0 spiro atoms. The minimum absolute atomic E-state index is 0.353. The number of halogens is 1. The van der Waals surface area contributed by atoms with Crippen LogP contribution in [-0.4, -0.2) is 6.29 Å². The SMILES string of the molecule is [O-][Cl+3]([O-])([O-])OC1CCc2ccccc2O1. The van der Waals surface area contributed by atoms with Gasteiger partial charge in [-0.05, 0) is 18.1 Å².